The number of rotatable bonds is 5. The van der Waals surface area contributed by atoms with Crippen molar-refractivity contribution in [2.75, 3.05) is 6.54 Å². The van der Waals surface area contributed by atoms with Crippen LogP contribution in [0.25, 0.3) is 10.9 Å². The molecule has 0 saturated heterocycles. The van der Waals surface area contributed by atoms with Crippen molar-refractivity contribution in [2.24, 2.45) is 0 Å². The maximum atomic E-state index is 13.3. The zero-order chi connectivity index (χ0) is 20.5. The number of aryl methyl sites for hydroxylation is 1. The van der Waals surface area contributed by atoms with E-state index < -0.39 is 0 Å². The largest absolute Gasteiger partial charge is 0.351 e. The van der Waals surface area contributed by atoms with Gasteiger partial charge in [-0.05, 0) is 68.7 Å². The van der Waals surface area contributed by atoms with E-state index in [1.807, 2.05) is 24.3 Å². The Morgan fingerprint density at radius 1 is 1.10 bits per heavy atom. The van der Waals surface area contributed by atoms with E-state index in [2.05, 4.69) is 52.5 Å². The van der Waals surface area contributed by atoms with Crippen LogP contribution < -0.4 is 5.32 Å². The lowest BCUT2D eigenvalue weighted by atomic mass is 9.89. The second-order valence-electron chi connectivity index (χ2n) is 8.84. The summed E-state index contributed by atoms with van der Waals surface area (Å²) >= 11 is 0. The lowest BCUT2D eigenvalue weighted by molar-refractivity contribution is 0.0620. The predicted molar refractivity (Wildman–Crippen MR) is 122 cm³/mol. The van der Waals surface area contributed by atoms with Crippen molar-refractivity contribution in [3.05, 3.63) is 71.4 Å². The van der Waals surface area contributed by atoms with E-state index in [0.717, 1.165) is 30.3 Å². The van der Waals surface area contributed by atoms with Gasteiger partial charge in [0.25, 0.3) is 5.91 Å². The first-order valence-corrected chi connectivity index (χ1v) is 11.5. The van der Waals surface area contributed by atoms with Gasteiger partial charge in [0.2, 0.25) is 0 Å². The van der Waals surface area contributed by atoms with Gasteiger partial charge in [-0.1, -0.05) is 42.5 Å². The van der Waals surface area contributed by atoms with Gasteiger partial charge in [0.15, 0.2) is 0 Å². The van der Waals surface area contributed by atoms with Gasteiger partial charge in [0, 0.05) is 35.6 Å². The highest BCUT2D eigenvalue weighted by Crippen LogP contribution is 2.33. The Labute approximate surface area is 178 Å². The van der Waals surface area contributed by atoms with Gasteiger partial charge in [-0.25, -0.2) is 0 Å². The molecular formula is C26H31N3O. The molecule has 0 spiro atoms. The van der Waals surface area contributed by atoms with Gasteiger partial charge < -0.3 is 15.2 Å². The molecule has 0 aliphatic heterocycles. The highest BCUT2D eigenvalue weighted by atomic mass is 16.2. The fraction of sp³-hybridized carbons (Fsp3) is 0.423. The van der Waals surface area contributed by atoms with Crippen LogP contribution >= 0.6 is 0 Å². The van der Waals surface area contributed by atoms with E-state index in [4.69, 9.17) is 0 Å². The van der Waals surface area contributed by atoms with Crippen LogP contribution in [0, 0.1) is 0 Å². The van der Waals surface area contributed by atoms with Crippen molar-refractivity contribution in [2.45, 2.75) is 63.6 Å². The molecule has 30 heavy (non-hydrogen) atoms. The van der Waals surface area contributed by atoms with Crippen molar-refractivity contribution in [1.29, 1.82) is 0 Å². The maximum absolute atomic E-state index is 13.3. The number of para-hydroxylation sites is 1. The number of hydrogen-bond acceptors (Lipinski definition) is 2. The second-order valence-corrected chi connectivity index (χ2v) is 8.84. The molecule has 3 atom stereocenters. The molecule has 2 aromatic carbocycles. The van der Waals surface area contributed by atoms with Gasteiger partial charge >= 0.3 is 0 Å². The first-order valence-electron chi connectivity index (χ1n) is 11.5. The smallest absolute Gasteiger partial charge is 0.270 e. The fourth-order valence-electron chi connectivity index (χ4n) is 5.52. The molecule has 1 heterocycles. The van der Waals surface area contributed by atoms with E-state index in [9.17, 15) is 4.79 Å². The van der Waals surface area contributed by atoms with Gasteiger partial charge in [-0.2, -0.15) is 0 Å². The molecule has 2 aliphatic carbocycles. The van der Waals surface area contributed by atoms with Crippen LogP contribution in [0.4, 0.5) is 0 Å². The van der Waals surface area contributed by atoms with Gasteiger partial charge in [-0.15, -0.1) is 0 Å². The summed E-state index contributed by atoms with van der Waals surface area (Å²) in [6.45, 7) is 2.85. The standard InChI is InChI=1S/C26H31N3O/c1-2-29(26(30)25-16-19-9-4-6-13-23(19)28-25)21-11-7-10-20(17-21)27-24-15-14-18-8-3-5-12-22(18)24/h3-6,8-9,12-13,16,20-21,24,27-28H,2,7,10-11,14-15,17H2,1H3/t20-,21+,24+/m1/s1. The molecule has 2 aliphatic rings. The molecule has 0 radical (unpaired) electrons. The molecule has 4 nitrogen and oxygen atoms in total. The Morgan fingerprint density at radius 3 is 2.80 bits per heavy atom. The van der Waals surface area contributed by atoms with Crippen LogP contribution in [-0.4, -0.2) is 34.4 Å². The maximum Gasteiger partial charge on any atom is 0.270 e. The fourth-order valence-corrected chi connectivity index (χ4v) is 5.52. The number of carbonyl (C=O) groups is 1. The van der Waals surface area contributed by atoms with Crippen molar-refractivity contribution in [3.8, 4) is 0 Å². The zero-order valence-electron chi connectivity index (χ0n) is 17.7. The van der Waals surface area contributed by atoms with Crippen LogP contribution in [0.1, 0.15) is 66.7 Å². The van der Waals surface area contributed by atoms with E-state index in [0.29, 0.717) is 23.8 Å². The lowest BCUT2D eigenvalue weighted by Gasteiger charge is -2.38. The third-order valence-corrected chi connectivity index (χ3v) is 7.02. The van der Waals surface area contributed by atoms with E-state index >= 15 is 0 Å². The third kappa shape index (κ3) is 3.65. The summed E-state index contributed by atoms with van der Waals surface area (Å²) in [5, 5.41) is 5.03. The van der Waals surface area contributed by atoms with Crippen LogP contribution in [0.5, 0.6) is 0 Å². The van der Waals surface area contributed by atoms with Crippen molar-refractivity contribution in [3.63, 3.8) is 0 Å². The minimum absolute atomic E-state index is 0.130. The lowest BCUT2D eigenvalue weighted by Crippen LogP contribution is -2.47. The average Bonchev–Trinajstić information content (AvgIpc) is 3.39. The van der Waals surface area contributed by atoms with Crippen LogP contribution in [-0.2, 0) is 6.42 Å². The van der Waals surface area contributed by atoms with Crippen molar-refractivity contribution in [1.82, 2.24) is 15.2 Å². The molecule has 1 amide bonds. The van der Waals surface area contributed by atoms with E-state index in [-0.39, 0.29) is 5.91 Å². The second kappa shape index (κ2) is 8.27. The Balaban J connectivity index is 1.29. The minimum Gasteiger partial charge on any atom is -0.351 e. The molecular weight excluding hydrogens is 370 g/mol. The summed E-state index contributed by atoms with van der Waals surface area (Å²) in [6, 6.07) is 20.2. The van der Waals surface area contributed by atoms with E-state index in [1.165, 1.54) is 36.8 Å². The molecule has 0 bridgehead atoms. The number of carbonyl (C=O) groups excluding carboxylic acids is 1. The summed E-state index contributed by atoms with van der Waals surface area (Å²) in [5.41, 5.74) is 4.70. The third-order valence-electron chi connectivity index (χ3n) is 7.02. The SMILES string of the molecule is CCN(C(=O)c1cc2ccccc2[nH]1)[C@H]1CCC[C@@H](N[C@H]2CCc3ccccc32)C1. The number of fused-ring (bicyclic) bond motifs is 2. The summed E-state index contributed by atoms with van der Waals surface area (Å²) in [6.07, 6.45) is 6.87. The van der Waals surface area contributed by atoms with Gasteiger partial charge in [-0.3, -0.25) is 4.79 Å². The molecule has 1 fully saturated rings. The molecule has 5 rings (SSSR count). The Bertz CT molecular complexity index is 1010. The molecule has 0 unspecified atom stereocenters. The Hall–Kier alpha value is -2.59. The monoisotopic (exact) mass is 401 g/mol. The Kier molecular flexibility index (Phi) is 5.34. The molecule has 156 valence electrons. The summed E-state index contributed by atoms with van der Waals surface area (Å²) in [7, 11) is 0. The molecule has 3 aromatic rings. The van der Waals surface area contributed by atoms with Crippen molar-refractivity contribution < 1.29 is 4.79 Å². The predicted octanol–water partition coefficient (Wildman–Crippen LogP) is 5.22. The molecule has 4 heteroatoms. The van der Waals surface area contributed by atoms with Crippen molar-refractivity contribution >= 4 is 16.8 Å². The zero-order valence-corrected chi connectivity index (χ0v) is 17.7. The Morgan fingerprint density at radius 2 is 1.93 bits per heavy atom. The first kappa shape index (κ1) is 19.4. The number of benzene rings is 2. The van der Waals surface area contributed by atoms with Crippen LogP contribution in [0.2, 0.25) is 0 Å². The average molecular weight is 402 g/mol. The normalized spacial score (nSPS) is 23.4. The molecule has 2 N–H and O–H groups in total. The van der Waals surface area contributed by atoms with E-state index in [1.54, 1.807) is 0 Å². The van der Waals surface area contributed by atoms with Gasteiger partial charge in [0.1, 0.15) is 5.69 Å². The minimum atomic E-state index is 0.130. The molecule has 1 saturated carbocycles. The van der Waals surface area contributed by atoms with Crippen LogP contribution in [0.15, 0.2) is 54.6 Å². The highest BCUT2D eigenvalue weighted by Gasteiger charge is 2.32. The number of aromatic nitrogens is 1. The quantitative estimate of drug-likeness (QED) is 0.616. The molecule has 1 aromatic heterocycles. The number of amides is 1. The summed E-state index contributed by atoms with van der Waals surface area (Å²) in [4.78, 5) is 18.7. The van der Waals surface area contributed by atoms with Gasteiger partial charge in [0.05, 0.1) is 0 Å². The highest BCUT2D eigenvalue weighted by molar-refractivity contribution is 5.98. The first-order chi connectivity index (χ1) is 14.7. The number of aromatic amines is 1. The number of nitrogens with zero attached hydrogens (tertiary/aromatic N) is 1. The van der Waals surface area contributed by atoms with Crippen LogP contribution in [0.3, 0.4) is 0 Å². The summed E-state index contributed by atoms with van der Waals surface area (Å²) in [5.74, 6) is 0.130. The number of H-pyrrole nitrogens is 1. The topological polar surface area (TPSA) is 48.1 Å². The number of hydrogen-bond donors (Lipinski definition) is 2. The number of nitrogens with one attached hydrogen (secondary N) is 2. The summed E-state index contributed by atoms with van der Waals surface area (Å²) < 4.78 is 0.